The molecule has 0 fully saturated rings. The molecular weight excluding hydrogens is 354 g/mol. The SMILES string of the molecule is O=C(Nc1ccc2c(c1)CCC(CCl)=C2)c1ccc(-c2ccccc2)cc1. The van der Waals surface area contributed by atoms with Crippen molar-refractivity contribution in [2.75, 3.05) is 11.2 Å². The standard InChI is InChI=1S/C24H20ClNO/c25-16-17-6-7-22-15-23(13-12-21(22)14-17)26-24(27)20-10-8-19(9-11-20)18-4-2-1-3-5-18/h1-5,8-15H,6-7,16H2,(H,26,27). The Labute approximate surface area is 164 Å². The van der Waals surface area contributed by atoms with Crippen LogP contribution in [0.5, 0.6) is 0 Å². The smallest absolute Gasteiger partial charge is 0.255 e. The third kappa shape index (κ3) is 3.96. The minimum Gasteiger partial charge on any atom is -0.322 e. The number of hydrogen-bond donors (Lipinski definition) is 1. The number of hydrogen-bond acceptors (Lipinski definition) is 1. The van der Waals surface area contributed by atoms with E-state index in [1.807, 2.05) is 48.5 Å². The Morgan fingerprint density at radius 2 is 1.63 bits per heavy atom. The number of amides is 1. The summed E-state index contributed by atoms with van der Waals surface area (Å²) in [6, 6.07) is 23.9. The highest BCUT2D eigenvalue weighted by molar-refractivity contribution is 6.19. The molecule has 3 aromatic rings. The Balaban J connectivity index is 1.49. The van der Waals surface area contributed by atoms with Gasteiger partial charge in [-0.25, -0.2) is 0 Å². The van der Waals surface area contributed by atoms with E-state index in [9.17, 15) is 4.79 Å². The molecule has 0 bridgehead atoms. The molecule has 134 valence electrons. The van der Waals surface area contributed by atoms with Gasteiger partial charge in [0.2, 0.25) is 0 Å². The van der Waals surface area contributed by atoms with E-state index in [1.54, 1.807) is 0 Å². The summed E-state index contributed by atoms with van der Waals surface area (Å²) in [5, 5.41) is 3.01. The van der Waals surface area contributed by atoms with Gasteiger partial charge in [0.15, 0.2) is 0 Å². The third-order valence-corrected chi connectivity index (χ3v) is 5.25. The van der Waals surface area contributed by atoms with Crippen LogP contribution in [0.4, 0.5) is 5.69 Å². The van der Waals surface area contributed by atoms with Gasteiger partial charge in [0.05, 0.1) is 0 Å². The van der Waals surface area contributed by atoms with Gasteiger partial charge in [0.25, 0.3) is 5.91 Å². The molecule has 1 aliphatic carbocycles. The third-order valence-electron chi connectivity index (χ3n) is 4.90. The minimum absolute atomic E-state index is 0.0950. The lowest BCUT2D eigenvalue weighted by Gasteiger charge is -2.16. The molecule has 0 spiro atoms. The van der Waals surface area contributed by atoms with Crippen LogP contribution in [0.2, 0.25) is 0 Å². The van der Waals surface area contributed by atoms with Crippen LogP contribution < -0.4 is 5.32 Å². The molecule has 0 atom stereocenters. The van der Waals surface area contributed by atoms with Crippen molar-refractivity contribution in [2.45, 2.75) is 12.8 Å². The van der Waals surface area contributed by atoms with Crippen LogP contribution in [0.3, 0.4) is 0 Å². The first-order valence-corrected chi connectivity index (χ1v) is 9.61. The lowest BCUT2D eigenvalue weighted by molar-refractivity contribution is 0.102. The van der Waals surface area contributed by atoms with E-state index in [0.717, 1.165) is 29.7 Å². The Bertz CT molecular complexity index is 991. The van der Waals surface area contributed by atoms with Crippen molar-refractivity contribution in [2.24, 2.45) is 0 Å². The van der Waals surface area contributed by atoms with E-state index in [2.05, 4.69) is 35.7 Å². The number of nitrogens with one attached hydrogen (secondary N) is 1. The summed E-state index contributed by atoms with van der Waals surface area (Å²) < 4.78 is 0. The number of benzene rings is 3. The summed E-state index contributed by atoms with van der Waals surface area (Å²) in [6.07, 6.45) is 4.10. The van der Waals surface area contributed by atoms with Crippen molar-refractivity contribution in [3.05, 3.63) is 95.1 Å². The largest absolute Gasteiger partial charge is 0.322 e. The maximum atomic E-state index is 12.6. The Hall–Kier alpha value is -2.84. The normalized spacial score (nSPS) is 12.9. The van der Waals surface area contributed by atoms with E-state index in [4.69, 9.17) is 11.6 Å². The first-order valence-electron chi connectivity index (χ1n) is 9.08. The molecule has 3 aromatic carbocycles. The molecule has 27 heavy (non-hydrogen) atoms. The maximum Gasteiger partial charge on any atom is 0.255 e. The van der Waals surface area contributed by atoms with E-state index < -0.39 is 0 Å². The van der Waals surface area contributed by atoms with Crippen LogP contribution in [0.1, 0.15) is 27.9 Å². The number of halogens is 1. The lowest BCUT2D eigenvalue weighted by atomic mass is 9.92. The van der Waals surface area contributed by atoms with Crippen molar-refractivity contribution in [1.82, 2.24) is 0 Å². The van der Waals surface area contributed by atoms with Gasteiger partial charge in [0, 0.05) is 17.1 Å². The number of carbonyl (C=O) groups excluding carboxylic acids is 1. The van der Waals surface area contributed by atoms with Gasteiger partial charge in [-0.15, -0.1) is 11.6 Å². The Morgan fingerprint density at radius 3 is 2.37 bits per heavy atom. The molecule has 1 amide bonds. The van der Waals surface area contributed by atoms with Crippen LogP contribution in [-0.2, 0) is 6.42 Å². The summed E-state index contributed by atoms with van der Waals surface area (Å²) in [6.45, 7) is 0. The number of allylic oxidation sites excluding steroid dienone is 1. The second kappa shape index (κ2) is 7.81. The summed E-state index contributed by atoms with van der Waals surface area (Å²) in [4.78, 5) is 12.6. The zero-order valence-electron chi connectivity index (χ0n) is 14.9. The number of anilines is 1. The van der Waals surface area contributed by atoms with Gasteiger partial charge in [-0.3, -0.25) is 4.79 Å². The first-order chi connectivity index (χ1) is 13.2. The van der Waals surface area contributed by atoms with Crippen LogP contribution in [0, 0.1) is 0 Å². The predicted octanol–water partition coefficient (Wildman–Crippen LogP) is 6.17. The molecule has 2 nitrogen and oxygen atoms in total. The van der Waals surface area contributed by atoms with Gasteiger partial charge < -0.3 is 5.32 Å². The summed E-state index contributed by atoms with van der Waals surface area (Å²) in [7, 11) is 0. The summed E-state index contributed by atoms with van der Waals surface area (Å²) >= 11 is 5.94. The van der Waals surface area contributed by atoms with Crippen molar-refractivity contribution >= 4 is 29.3 Å². The van der Waals surface area contributed by atoms with Crippen molar-refractivity contribution in [3.8, 4) is 11.1 Å². The minimum atomic E-state index is -0.0950. The summed E-state index contributed by atoms with van der Waals surface area (Å²) in [5.74, 6) is 0.485. The van der Waals surface area contributed by atoms with E-state index in [-0.39, 0.29) is 5.91 Å². The molecule has 0 saturated heterocycles. The summed E-state index contributed by atoms with van der Waals surface area (Å²) in [5.41, 5.74) is 7.43. The number of fused-ring (bicyclic) bond motifs is 1. The highest BCUT2D eigenvalue weighted by Crippen LogP contribution is 2.27. The van der Waals surface area contributed by atoms with E-state index in [1.165, 1.54) is 16.7 Å². The number of aryl methyl sites for hydroxylation is 1. The van der Waals surface area contributed by atoms with Gasteiger partial charge in [-0.1, -0.05) is 60.2 Å². The molecule has 0 heterocycles. The van der Waals surface area contributed by atoms with Gasteiger partial charge in [0.1, 0.15) is 0 Å². The molecule has 0 radical (unpaired) electrons. The fourth-order valence-corrected chi connectivity index (χ4v) is 3.59. The van der Waals surface area contributed by atoms with Gasteiger partial charge in [-0.05, 0) is 59.4 Å². The molecule has 0 aromatic heterocycles. The fourth-order valence-electron chi connectivity index (χ4n) is 3.38. The van der Waals surface area contributed by atoms with E-state index in [0.29, 0.717) is 11.4 Å². The zero-order valence-corrected chi connectivity index (χ0v) is 15.7. The lowest BCUT2D eigenvalue weighted by Crippen LogP contribution is -2.12. The Morgan fingerprint density at radius 1 is 0.889 bits per heavy atom. The van der Waals surface area contributed by atoms with Crippen LogP contribution in [0.15, 0.2) is 78.4 Å². The monoisotopic (exact) mass is 373 g/mol. The molecule has 0 unspecified atom stereocenters. The number of carbonyl (C=O) groups is 1. The van der Waals surface area contributed by atoms with Gasteiger partial charge in [-0.2, -0.15) is 0 Å². The molecule has 1 aliphatic rings. The predicted molar refractivity (Wildman–Crippen MR) is 113 cm³/mol. The molecule has 1 N–H and O–H groups in total. The molecule has 3 heteroatoms. The van der Waals surface area contributed by atoms with Crippen molar-refractivity contribution in [1.29, 1.82) is 0 Å². The number of alkyl halides is 1. The van der Waals surface area contributed by atoms with Gasteiger partial charge >= 0.3 is 0 Å². The van der Waals surface area contributed by atoms with Crippen molar-refractivity contribution in [3.63, 3.8) is 0 Å². The van der Waals surface area contributed by atoms with Crippen LogP contribution in [0.25, 0.3) is 17.2 Å². The topological polar surface area (TPSA) is 29.1 Å². The van der Waals surface area contributed by atoms with Crippen LogP contribution in [-0.4, -0.2) is 11.8 Å². The highest BCUT2D eigenvalue weighted by Gasteiger charge is 2.12. The first kappa shape index (κ1) is 17.6. The zero-order chi connectivity index (χ0) is 18.6. The van der Waals surface area contributed by atoms with E-state index >= 15 is 0 Å². The quantitative estimate of drug-likeness (QED) is 0.544. The second-order valence-corrected chi connectivity index (χ2v) is 7.01. The maximum absolute atomic E-state index is 12.6. The molecular formula is C24H20ClNO. The average Bonchev–Trinajstić information content (AvgIpc) is 2.74. The fraction of sp³-hybridized carbons (Fsp3) is 0.125. The number of rotatable bonds is 4. The average molecular weight is 374 g/mol. The van der Waals surface area contributed by atoms with Crippen molar-refractivity contribution < 1.29 is 4.79 Å². The molecule has 0 aliphatic heterocycles. The van der Waals surface area contributed by atoms with Crippen LogP contribution >= 0.6 is 11.6 Å². The highest BCUT2D eigenvalue weighted by atomic mass is 35.5. The second-order valence-electron chi connectivity index (χ2n) is 6.75. The molecule has 0 saturated carbocycles. The Kier molecular flexibility index (Phi) is 5.08. The molecule has 4 rings (SSSR count).